The molecule has 1 aliphatic rings. The van der Waals surface area contributed by atoms with Crippen molar-refractivity contribution in [1.82, 2.24) is 15.6 Å². The minimum Gasteiger partial charge on any atom is -0.481 e. The quantitative estimate of drug-likeness (QED) is 0.361. The third kappa shape index (κ3) is 5.90. The summed E-state index contributed by atoms with van der Waals surface area (Å²) in [6.07, 6.45) is 1.14. The highest BCUT2D eigenvalue weighted by Gasteiger charge is 2.37. The summed E-state index contributed by atoms with van der Waals surface area (Å²) in [6.45, 7) is 0.509. The van der Waals surface area contributed by atoms with Crippen molar-refractivity contribution in [3.8, 4) is 0 Å². The minimum atomic E-state index is -1.30. The van der Waals surface area contributed by atoms with Crippen LogP contribution in [0.25, 0.3) is 10.8 Å². The lowest BCUT2D eigenvalue weighted by molar-refractivity contribution is -0.139. The van der Waals surface area contributed by atoms with E-state index in [4.69, 9.17) is 5.11 Å². The number of amides is 4. The Morgan fingerprint density at radius 2 is 1.77 bits per heavy atom. The summed E-state index contributed by atoms with van der Waals surface area (Å²) in [5, 5.41) is 15.3. The summed E-state index contributed by atoms with van der Waals surface area (Å²) in [5.74, 6) is -3.81. The van der Waals surface area contributed by atoms with Gasteiger partial charge in [-0.05, 0) is 23.6 Å². The number of aliphatic carboxylic acids is 1. The molecule has 2 aromatic carbocycles. The molecule has 0 unspecified atom stereocenters. The molecule has 4 amide bonds. The number of benzene rings is 2. The molecule has 12 nitrogen and oxygen atoms in total. The molecule has 0 aliphatic carbocycles. The predicted octanol–water partition coefficient (Wildman–Crippen LogP) is 0.891. The van der Waals surface area contributed by atoms with Crippen molar-refractivity contribution in [3.63, 3.8) is 0 Å². The van der Waals surface area contributed by atoms with Gasteiger partial charge in [0.15, 0.2) is 0 Å². The Bertz CT molecular complexity index is 1470. The summed E-state index contributed by atoms with van der Waals surface area (Å²) in [4.78, 5) is 81.4. The number of fused-ring (bicyclic) bond motifs is 2. The second kappa shape index (κ2) is 11.5. The molecule has 0 saturated heterocycles. The highest BCUT2D eigenvalue weighted by molar-refractivity contribution is 6.12. The van der Waals surface area contributed by atoms with Gasteiger partial charge in [-0.1, -0.05) is 36.4 Å². The molecular formula is C27H25N5O7. The molecule has 12 heteroatoms. The van der Waals surface area contributed by atoms with E-state index in [9.17, 15) is 28.8 Å². The van der Waals surface area contributed by atoms with Crippen LogP contribution in [0, 0.1) is 0 Å². The lowest BCUT2D eigenvalue weighted by Crippen LogP contribution is -2.54. The van der Waals surface area contributed by atoms with Crippen molar-refractivity contribution in [1.29, 1.82) is 0 Å². The van der Waals surface area contributed by atoms with E-state index in [0.29, 0.717) is 17.4 Å². The number of nitrogens with one attached hydrogen (secondary N) is 2. The number of anilines is 2. The van der Waals surface area contributed by atoms with E-state index >= 15 is 0 Å². The number of hydrogen-bond acceptors (Lipinski definition) is 7. The number of aromatic nitrogens is 1. The molecule has 1 aliphatic heterocycles. The molecule has 3 aromatic rings. The van der Waals surface area contributed by atoms with E-state index in [1.165, 1.54) is 18.0 Å². The number of nitrogens with zero attached hydrogens (tertiary/aromatic N) is 3. The van der Waals surface area contributed by atoms with Crippen molar-refractivity contribution < 1.29 is 33.9 Å². The first-order chi connectivity index (χ1) is 18.7. The van der Waals surface area contributed by atoms with Gasteiger partial charge in [-0.2, -0.15) is 0 Å². The lowest BCUT2D eigenvalue weighted by Gasteiger charge is -2.25. The Balaban J connectivity index is 1.67. The van der Waals surface area contributed by atoms with E-state index in [2.05, 4.69) is 15.6 Å². The van der Waals surface area contributed by atoms with Crippen molar-refractivity contribution in [2.75, 3.05) is 22.9 Å². The average molecular weight is 532 g/mol. The standard InChI is InChI=1S/C27H25N5O7/c1-16(34)31-13-20(30-26(38)25-19-7-3-2-6-17(19)10-11-28-25)27(39)32(22-9-5-4-8-21(22)31)14-23(35)29-18(15-33)12-24(36)37/h2-11,15,18,20H,12-14H2,1H3,(H,29,35)(H,30,38)(H,36,37)/t18-,20-/m0/s1. The lowest BCUT2D eigenvalue weighted by atomic mass is 10.1. The highest BCUT2D eigenvalue weighted by atomic mass is 16.4. The zero-order valence-electron chi connectivity index (χ0n) is 20.9. The van der Waals surface area contributed by atoms with Crippen molar-refractivity contribution in [2.45, 2.75) is 25.4 Å². The topological polar surface area (TPSA) is 166 Å². The predicted molar refractivity (Wildman–Crippen MR) is 140 cm³/mol. The molecule has 0 radical (unpaired) electrons. The van der Waals surface area contributed by atoms with Crippen LogP contribution in [0.4, 0.5) is 11.4 Å². The number of pyridine rings is 1. The van der Waals surface area contributed by atoms with Gasteiger partial charge in [-0.15, -0.1) is 0 Å². The number of carbonyl (C=O) groups excluding carboxylic acids is 5. The summed E-state index contributed by atoms with van der Waals surface area (Å²) < 4.78 is 0. The van der Waals surface area contributed by atoms with Crippen LogP contribution in [-0.2, 0) is 24.0 Å². The van der Waals surface area contributed by atoms with E-state index in [0.717, 1.165) is 10.3 Å². The Morgan fingerprint density at radius 1 is 1.08 bits per heavy atom. The van der Waals surface area contributed by atoms with Gasteiger partial charge in [-0.3, -0.25) is 33.9 Å². The van der Waals surface area contributed by atoms with E-state index in [-0.39, 0.29) is 17.9 Å². The van der Waals surface area contributed by atoms with E-state index in [1.807, 2.05) is 12.1 Å². The SMILES string of the molecule is CC(=O)N1C[C@H](NC(=O)c2nccc3ccccc23)C(=O)N(CC(=O)N[C@H](C=O)CC(=O)O)c2ccccc21. The molecule has 0 fully saturated rings. The maximum atomic E-state index is 13.8. The Labute approximate surface area is 222 Å². The number of para-hydroxylation sites is 2. The zero-order chi connectivity index (χ0) is 28.1. The van der Waals surface area contributed by atoms with Gasteiger partial charge in [-0.25, -0.2) is 0 Å². The Kier molecular flexibility index (Phi) is 7.94. The summed E-state index contributed by atoms with van der Waals surface area (Å²) >= 11 is 0. The van der Waals surface area contributed by atoms with Crippen LogP contribution in [0.1, 0.15) is 23.8 Å². The molecule has 1 aromatic heterocycles. The maximum absolute atomic E-state index is 13.8. The Hall–Kier alpha value is -5.13. The molecule has 200 valence electrons. The van der Waals surface area contributed by atoms with E-state index in [1.54, 1.807) is 42.5 Å². The molecule has 2 heterocycles. The van der Waals surface area contributed by atoms with Gasteiger partial charge in [0.1, 0.15) is 24.6 Å². The third-order valence-corrected chi connectivity index (χ3v) is 6.17. The fraction of sp³-hybridized carbons (Fsp3) is 0.222. The van der Waals surface area contributed by atoms with Crippen LogP contribution >= 0.6 is 0 Å². The second-order valence-electron chi connectivity index (χ2n) is 8.86. The number of rotatable bonds is 8. The van der Waals surface area contributed by atoms with Crippen LogP contribution in [-0.4, -0.2) is 71.1 Å². The van der Waals surface area contributed by atoms with Gasteiger partial charge in [0.05, 0.1) is 30.4 Å². The zero-order valence-corrected chi connectivity index (χ0v) is 20.9. The number of carbonyl (C=O) groups is 6. The molecule has 3 N–H and O–H groups in total. The normalized spacial score (nSPS) is 15.6. The minimum absolute atomic E-state index is 0.0869. The fourth-order valence-electron chi connectivity index (χ4n) is 4.40. The third-order valence-electron chi connectivity index (χ3n) is 6.17. The average Bonchev–Trinajstić information content (AvgIpc) is 3.02. The summed E-state index contributed by atoms with van der Waals surface area (Å²) in [7, 11) is 0. The van der Waals surface area contributed by atoms with E-state index < -0.39 is 54.6 Å². The van der Waals surface area contributed by atoms with Crippen LogP contribution in [0.15, 0.2) is 60.8 Å². The largest absolute Gasteiger partial charge is 0.481 e. The van der Waals surface area contributed by atoms with Gasteiger partial charge in [0.25, 0.3) is 11.8 Å². The van der Waals surface area contributed by atoms with Gasteiger partial charge in [0, 0.05) is 18.5 Å². The van der Waals surface area contributed by atoms with Crippen LogP contribution in [0.2, 0.25) is 0 Å². The first kappa shape index (κ1) is 26.9. The number of hydrogen-bond donors (Lipinski definition) is 3. The molecule has 0 bridgehead atoms. The molecule has 2 atom stereocenters. The van der Waals surface area contributed by atoms with Crippen LogP contribution in [0.5, 0.6) is 0 Å². The van der Waals surface area contributed by atoms with Gasteiger partial charge < -0.3 is 25.4 Å². The smallest absolute Gasteiger partial charge is 0.305 e. The monoisotopic (exact) mass is 531 g/mol. The number of aldehydes is 1. The van der Waals surface area contributed by atoms with Crippen LogP contribution in [0.3, 0.4) is 0 Å². The van der Waals surface area contributed by atoms with Gasteiger partial charge >= 0.3 is 5.97 Å². The Morgan fingerprint density at radius 3 is 2.46 bits per heavy atom. The molecule has 0 saturated carbocycles. The molecule has 39 heavy (non-hydrogen) atoms. The first-order valence-corrected chi connectivity index (χ1v) is 12.0. The maximum Gasteiger partial charge on any atom is 0.305 e. The number of carboxylic acid groups (broad SMARTS) is 1. The van der Waals surface area contributed by atoms with Crippen LogP contribution < -0.4 is 20.4 Å². The van der Waals surface area contributed by atoms with Crippen molar-refractivity contribution in [3.05, 3.63) is 66.5 Å². The highest BCUT2D eigenvalue weighted by Crippen LogP contribution is 2.33. The van der Waals surface area contributed by atoms with Crippen molar-refractivity contribution in [2.24, 2.45) is 0 Å². The first-order valence-electron chi connectivity index (χ1n) is 12.0. The fourth-order valence-corrected chi connectivity index (χ4v) is 4.40. The number of carboxylic acids is 1. The molecular weight excluding hydrogens is 506 g/mol. The summed E-state index contributed by atoms with van der Waals surface area (Å²) in [5.41, 5.74) is 0.654. The van der Waals surface area contributed by atoms with Gasteiger partial charge in [0.2, 0.25) is 11.8 Å². The summed E-state index contributed by atoms with van der Waals surface area (Å²) in [6, 6.07) is 12.7. The molecule has 4 rings (SSSR count). The second-order valence-corrected chi connectivity index (χ2v) is 8.86. The molecule has 0 spiro atoms. The van der Waals surface area contributed by atoms with Crippen molar-refractivity contribution >= 4 is 58.0 Å².